The molecule has 2 saturated carbocycles. The van der Waals surface area contributed by atoms with E-state index in [1.54, 1.807) is 4.31 Å². The summed E-state index contributed by atoms with van der Waals surface area (Å²) in [6.45, 7) is 1.18. The monoisotopic (exact) mass is 331 g/mol. The second-order valence-corrected chi connectivity index (χ2v) is 8.30. The van der Waals surface area contributed by atoms with Crippen molar-refractivity contribution in [3.05, 3.63) is 29.6 Å². The quantitative estimate of drug-likeness (QED) is 0.718. The highest BCUT2D eigenvalue weighted by atomic mass is 35.5. The van der Waals surface area contributed by atoms with Gasteiger partial charge in [-0.15, -0.1) is 11.6 Å². The molecule has 0 atom stereocenters. The van der Waals surface area contributed by atoms with Crippen molar-refractivity contribution in [1.82, 2.24) is 4.31 Å². The lowest BCUT2D eigenvalue weighted by atomic mass is 10.2. The molecule has 0 unspecified atom stereocenters. The molecule has 3 rings (SSSR count). The molecule has 0 N–H and O–H groups in total. The first-order valence-electron chi connectivity index (χ1n) is 7.35. The van der Waals surface area contributed by atoms with E-state index in [0.717, 1.165) is 25.7 Å². The Kier molecular flexibility index (Phi) is 4.26. The van der Waals surface area contributed by atoms with Gasteiger partial charge in [0.1, 0.15) is 5.82 Å². The van der Waals surface area contributed by atoms with Gasteiger partial charge in [-0.3, -0.25) is 0 Å². The molecule has 1 aromatic rings. The van der Waals surface area contributed by atoms with Gasteiger partial charge in [0.2, 0.25) is 10.0 Å². The second-order valence-electron chi connectivity index (χ2n) is 6.10. The van der Waals surface area contributed by atoms with Crippen molar-refractivity contribution in [2.75, 3.05) is 13.1 Å². The van der Waals surface area contributed by atoms with Gasteiger partial charge in [-0.2, -0.15) is 4.31 Å². The fourth-order valence-electron chi connectivity index (χ4n) is 2.41. The number of nitrogens with zero attached hydrogens (tertiary/aromatic N) is 1. The summed E-state index contributed by atoms with van der Waals surface area (Å²) in [5, 5.41) is 0. The number of rotatable bonds is 7. The Bertz CT molecular complexity index is 613. The van der Waals surface area contributed by atoms with Crippen LogP contribution in [0.3, 0.4) is 0 Å². The molecule has 6 heteroatoms. The molecule has 2 aliphatic rings. The molecule has 3 nitrogen and oxygen atoms in total. The zero-order chi connectivity index (χ0) is 15.0. The van der Waals surface area contributed by atoms with E-state index in [4.69, 9.17) is 11.6 Å². The van der Waals surface area contributed by atoms with Crippen LogP contribution in [0, 0.1) is 17.7 Å². The van der Waals surface area contributed by atoms with Crippen LogP contribution in [0.5, 0.6) is 0 Å². The molecule has 2 fully saturated rings. The predicted molar refractivity (Wildman–Crippen MR) is 80.2 cm³/mol. The fourth-order valence-corrected chi connectivity index (χ4v) is 4.26. The summed E-state index contributed by atoms with van der Waals surface area (Å²) in [6.07, 6.45) is 4.42. The first-order valence-corrected chi connectivity index (χ1v) is 9.32. The minimum atomic E-state index is -3.55. The number of sulfonamides is 1. The van der Waals surface area contributed by atoms with E-state index >= 15 is 0 Å². The van der Waals surface area contributed by atoms with E-state index in [1.807, 2.05) is 0 Å². The van der Waals surface area contributed by atoms with Crippen LogP contribution in [0.1, 0.15) is 31.2 Å². The highest BCUT2D eigenvalue weighted by Gasteiger charge is 2.35. The van der Waals surface area contributed by atoms with Gasteiger partial charge in [0.15, 0.2) is 0 Å². The first kappa shape index (κ1) is 15.3. The Labute approximate surface area is 130 Å². The van der Waals surface area contributed by atoms with Crippen molar-refractivity contribution in [2.24, 2.45) is 11.8 Å². The third-order valence-corrected chi connectivity index (χ3v) is 6.23. The topological polar surface area (TPSA) is 37.4 Å². The van der Waals surface area contributed by atoms with Gasteiger partial charge in [-0.25, -0.2) is 12.8 Å². The Balaban J connectivity index is 1.87. The maximum absolute atomic E-state index is 13.5. The minimum absolute atomic E-state index is 0.0273. The Morgan fingerprint density at radius 2 is 1.71 bits per heavy atom. The van der Waals surface area contributed by atoms with Crippen LogP contribution in [-0.4, -0.2) is 25.8 Å². The molecule has 0 amide bonds. The molecule has 0 bridgehead atoms. The van der Waals surface area contributed by atoms with E-state index in [1.165, 1.54) is 18.2 Å². The van der Waals surface area contributed by atoms with Crippen molar-refractivity contribution in [3.8, 4) is 0 Å². The van der Waals surface area contributed by atoms with Gasteiger partial charge in [0.05, 0.1) is 10.8 Å². The number of hydrogen-bond acceptors (Lipinski definition) is 2. The van der Waals surface area contributed by atoms with Gasteiger partial charge in [-0.1, -0.05) is 0 Å². The third-order valence-electron chi connectivity index (χ3n) is 4.12. The molecule has 0 saturated heterocycles. The summed E-state index contributed by atoms with van der Waals surface area (Å²) in [4.78, 5) is 0.154. The molecule has 0 radical (unpaired) electrons. The standard InChI is InChI=1S/C15H19ClFNO2S/c16-8-13-7-14(5-6-15(13)17)21(19,20)18(9-11-1-2-11)10-12-3-4-12/h5-7,11-12H,1-4,8-10H2. The molecular formula is C15H19ClFNO2S. The molecule has 0 heterocycles. The highest BCUT2D eigenvalue weighted by molar-refractivity contribution is 7.89. The summed E-state index contributed by atoms with van der Waals surface area (Å²) in [5.74, 6) is 0.498. The van der Waals surface area contributed by atoms with Crippen molar-refractivity contribution in [3.63, 3.8) is 0 Å². The first-order chi connectivity index (χ1) is 10.0. The number of hydrogen-bond donors (Lipinski definition) is 0. The molecule has 21 heavy (non-hydrogen) atoms. The van der Waals surface area contributed by atoms with E-state index < -0.39 is 15.8 Å². The lowest BCUT2D eigenvalue weighted by molar-refractivity contribution is 0.382. The minimum Gasteiger partial charge on any atom is -0.207 e. The van der Waals surface area contributed by atoms with Gasteiger partial charge in [0, 0.05) is 18.7 Å². The van der Waals surface area contributed by atoms with Crippen LogP contribution >= 0.6 is 11.6 Å². The average Bonchev–Trinajstić information content (AvgIpc) is 3.33. The smallest absolute Gasteiger partial charge is 0.207 e. The van der Waals surface area contributed by atoms with Crippen LogP contribution in [0.15, 0.2) is 23.1 Å². The SMILES string of the molecule is O=S(=O)(c1ccc(F)c(CCl)c1)N(CC1CC1)CC1CC1. The maximum atomic E-state index is 13.5. The Morgan fingerprint density at radius 3 is 2.19 bits per heavy atom. The zero-order valence-electron chi connectivity index (χ0n) is 11.8. The predicted octanol–water partition coefficient (Wildman–Crippen LogP) is 3.38. The summed E-state index contributed by atoms with van der Waals surface area (Å²) < 4.78 is 40.7. The Hall–Kier alpha value is -0.650. The van der Waals surface area contributed by atoms with Crippen molar-refractivity contribution < 1.29 is 12.8 Å². The van der Waals surface area contributed by atoms with Crippen molar-refractivity contribution >= 4 is 21.6 Å². The molecule has 0 aromatic heterocycles. The highest BCUT2D eigenvalue weighted by Crippen LogP contribution is 2.36. The summed E-state index contributed by atoms with van der Waals surface area (Å²) >= 11 is 5.67. The number of benzene rings is 1. The summed E-state index contributed by atoms with van der Waals surface area (Å²) in [7, 11) is -3.55. The molecule has 0 spiro atoms. The van der Waals surface area contributed by atoms with Crippen LogP contribution in [0.25, 0.3) is 0 Å². The van der Waals surface area contributed by atoms with E-state index in [2.05, 4.69) is 0 Å². The molecule has 2 aliphatic carbocycles. The Morgan fingerprint density at radius 1 is 1.14 bits per heavy atom. The van der Waals surface area contributed by atoms with Crippen LogP contribution in [0.2, 0.25) is 0 Å². The summed E-state index contributed by atoms with van der Waals surface area (Å²) in [5.41, 5.74) is 0.232. The second kappa shape index (κ2) is 5.86. The average molecular weight is 332 g/mol. The fraction of sp³-hybridized carbons (Fsp3) is 0.600. The van der Waals surface area contributed by atoms with Crippen molar-refractivity contribution in [2.45, 2.75) is 36.5 Å². The molecule has 116 valence electrons. The third kappa shape index (κ3) is 3.58. The van der Waals surface area contributed by atoms with Crippen LogP contribution < -0.4 is 0 Å². The van der Waals surface area contributed by atoms with E-state index in [-0.39, 0.29) is 16.3 Å². The largest absolute Gasteiger partial charge is 0.243 e. The number of alkyl halides is 1. The molecular weight excluding hydrogens is 313 g/mol. The van der Waals surface area contributed by atoms with Crippen molar-refractivity contribution in [1.29, 1.82) is 0 Å². The number of halogens is 2. The normalized spacial score (nSPS) is 19.2. The van der Waals surface area contributed by atoms with Crippen LogP contribution in [-0.2, 0) is 15.9 Å². The van der Waals surface area contributed by atoms with Gasteiger partial charge in [-0.05, 0) is 55.7 Å². The lowest BCUT2D eigenvalue weighted by Gasteiger charge is -2.22. The van der Waals surface area contributed by atoms with Gasteiger partial charge >= 0.3 is 0 Å². The zero-order valence-corrected chi connectivity index (χ0v) is 13.3. The molecule has 0 aliphatic heterocycles. The van der Waals surface area contributed by atoms with E-state index in [0.29, 0.717) is 24.9 Å². The van der Waals surface area contributed by atoms with Gasteiger partial charge in [0.25, 0.3) is 0 Å². The lowest BCUT2D eigenvalue weighted by Crippen LogP contribution is -2.34. The molecule has 1 aromatic carbocycles. The maximum Gasteiger partial charge on any atom is 0.243 e. The van der Waals surface area contributed by atoms with E-state index in [9.17, 15) is 12.8 Å². The van der Waals surface area contributed by atoms with Crippen LogP contribution in [0.4, 0.5) is 4.39 Å². The van der Waals surface area contributed by atoms with Gasteiger partial charge < -0.3 is 0 Å². The summed E-state index contributed by atoms with van der Waals surface area (Å²) in [6, 6.07) is 3.90.